The summed E-state index contributed by atoms with van der Waals surface area (Å²) in [5.41, 5.74) is 6.41. The van der Waals surface area contributed by atoms with E-state index >= 15 is 0 Å². The first-order valence-electron chi connectivity index (χ1n) is 4.62. The van der Waals surface area contributed by atoms with Crippen molar-refractivity contribution in [2.75, 3.05) is 5.73 Å². The zero-order chi connectivity index (χ0) is 12.4. The van der Waals surface area contributed by atoms with E-state index in [1.165, 1.54) is 35.0 Å². The van der Waals surface area contributed by atoms with Gasteiger partial charge in [0.05, 0.1) is 10.6 Å². The Bertz CT molecular complexity index is 609. The molecule has 7 heteroatoms. The minimum absolute atomic E-state index is 0.0139. The number of benzene rings is 1. The van der Waals surface area contributed by atoms with E-state index in [1.54, 1.807) is 0 Å². The summed E-state index contributed by atoms with van der Waals surface area (Å²) in [7, 11) is 0. The Kier molecular flexibility index (Phi) is 2.46. The fourth-order valence-electron chi connectivity index (χ4n) is 1.37. The summed E-state index contributed by atoms with van der Waals surface area (Å²) in [5.74, 6) is 0.301. The van der Waals surface area contributed by atoms with Gasteiger partial charge in [0.1, 0.15) is 11.9 Å². The van der Waals surface area contributed by atoms with Crippen LogP contribution in [0.4, 0.5) is 11.5 Å². The predicted molar refractivity (Wildman–Crippen MR) is 59.3 cm³/mol. The molecule has 0 fully saturated rings. The molecule has 1 aromatic heterocycles. The normalized spacial score (nSPS) is 9.82. The monoisotopic (exact) mass is 229 g/mol. The van der Waals surface area contributed by atoms with Crippen LogP contribution in [-0.2, 0) is 0 Å². The van der Waals surface area contributed by atoms with Gasteiger partial charge in [-0.2, -0.15) is 10.4 Å². The average Bonchev–Trinajstić information content (AvgIpc) is 2.71. The van der Waals surface area contributed by atoms with E-state index in [2.05, 4.69) is 5.10 Å². The zero-order valence-electron chi connectivity index (χ0n) is 8.57. The number of nitrogen functional groups attached to an aromatic ring is 1. The van der Waals surface area contributed by atoms with Gasteiger partial charge in [-0.25, -0.2) is 4.68 Å². The molecule has 2 N–H and O–H groups in total. The quantitative estimate of drug-likeness (QED) is 0.615. The number of nitrogens with two attached hydrogens (primary N) is 1. The van der Waals surface area contributed by atoms with Crippen LogP contribution in [0.25, 0.3) is 5.69 Å². The van der Waals surface area contributed by atoms with Gasteiger partial charge in [-0.15, -0.1) is 0 Å². The highest BCUT2D eigenvalue weighted by Gasteiger charge is 2.09. The summed E-state index contributed by atoms with van der Waals surface area (Å²) < 4.78 is 1.35. The molecule has 0 aliphatic rings. The molecule has 0 spiro atoms. The van der Waals surface area contributed by atoms with E-state index in [0.29, 0.717) is 11.5 Å². The Hall–Kier alpha value is -2.88. The molecule has 0 saturated carbocycles. The molecule has 7 nitrogen and oxygen atoms in total. The zero-order valence-corrected chi connectivity index (χ0v) is 8.57. The molecule has 17 heavy (non-hydrogen) atoms. The van der Waals surface area contributed by atoms with Crippen molar-refractivity contribution in [2.45, 2.75) is 0 Å². The molecular formula is C10H7N5O2. The Morgan fingerprint density at radius 1 is 1.41 bits per heavy atom. The predicted octanol–water partition coefficient (Wildman–Crippen LogP) is 1.23. The first-order chi connectivity index (χ1) is 8.11. The maximum atomic E-state index is 10.5. The Morgan fingerprint density at radius 3 is 2.53 bits per heavy atom. The van der Waals surface area contributed by atoms with Crippen LogP contribution in [-0.4, -0.2) is 14.7 Å². The van der Waals surface area contributed by atoms with Crippen molar-refractivity contribution in [3.63, 3.8) is 0 Å². The lowest BCUT2D eigenvalue weighted by Crippen LogP contribution is -2.01. The Balaban J connectivity index is 2.43. The number of hydrogen-bond acceptors (Lipinski definition) is 5. The molecule has 84 valence electrons. The fraction of sp³-hybridized carbons (Fsp3) is 0. The van der Waals surface area contributed by atoms with E-state index in [4.69, 9.17) is 11.0 Å². The summed E-state index contributed by atoms with van der Waals surface area (Å²) in [6, 6.07) is 9.03. The highest BCUT2D eigenvalue weighted by atomic mass is 16.6. The number of nitrogens with zero attached hydrogens (tertiary/aromatic N) is 4. The number of anilines is 1. The van der Waals surface area contributed by atoms with E-state index < -0.39 is 4.92 Å². The summed E-state index contributed by atoms with van der Waals surface area (Å²) >= 11 is 0. The van der Waals surface area contributed by atoms with Crippen LogP contribution in [0.3, 0.4) is 0 Å². The number of hydrogen-bond donors (Lipinski definition) is 1. The van der Waals surface area contributed by atoms with E-state index in [-0.39, 0.29) is 11.4 Å². The van der Waals surface area contributed by atoms with Crippen LogP contribution in [0.15, 0.2) is 30.3 Å². The lowest BCUT2D eigenvalue weighted by Gasteiger charge is -2.02. The van der Waals surface area contributed by atoms with E-state index in [1.807, 2.05) is 6.07 Å². The molecule has 2 aromatic rings. The summed E-state index contributed by atoms with van der Waals surface area (Å²) in [6.45, 7) is 0. The molecule has 0 aliphatic carbocycles. The number of nitro groups is 1. The van der Waals surface area contributed by atoms with Gasteiger partial charge < -0.3 is 5.73 Å². The SMILES string of the molecule is N#Cc1cc(N)n(-c2ccc([N+](=O)[O-])cc2)n1. The molecule has 2 rings (SSSR count). The lowest BCUT2D eigenvalue weighted by atomic mass is 10.3. The van der Waals surface area contributed by atoms with Crippen LogP contribution in [0.5, 0.6) is 0 Å². The minimum atomic E-state index is -0.489. The standard InChI is InChI=1S/C10H7N5O2/c11-6-7-5-10(12)14(13-7)8-1-3-9(4-2-8)15(16)17/h1-5H,12H2. The molecule has 0 unspecified atom stereocenters. The Morgan fingerprint density at radius 2 is 2.06 bits per heavy atom. The molecule has 0 bridgehead atoms. The molecule has 1 aromatic carbocycles. The molecular weight excluding hydrogens is 222 g/mol. The lowest BCUT2D eigenvalue weighted by molar-refractivity contribution is -0.384. The largest absolute Gasteiger partial charge is 0.384 e. The number of nitro benzene ring substituents is 1. The fourth-order valence-corrected chi connectivity index (χ4v) is 1.37. The van der Waals surface area contributed by atoms with E-state index in [0.717, 1.165) is 0 Å². The molecule has 0 radical (unpaired) electrons. The maximum Gasteiger partial charge on any atom is 0.269 e. The van der Waals surface area contributed by atoms with Gasteiger partial charge >= 0.3 is 0 Å². The summed E-state index contributed by atoms with van der Waals surface area (Å²) in [4.78, 5) is 9.99. The average molecular weight is 229 g/mol. The van der Waals surface area contributed by atoms with Gasteiger partial charge in [0, 0.05) is 18.2 Å². The number of nitriles is 1. The smallest absolute Gasteiger partial charge is 0.269 e. The summed E-state index contributed by atoms with van der Waals surface area (Å²) in [5, 5.41) is 23.1. The van der Waals surface area contributed by atoms with Crippen molar-refractivity contribution >= 4 is 11.5 Å². The van der Waals surface area contributed by atoms with Crippen LogP contribution in [0.1, 0.15) is 5.69 Å². The van der Waals surface area contributed by atoms with Crippen molar-refractivity contribution < 1.29 is 4.92 Å². The Labute approximate surface area is 95.8 Å². The molecule has 1 heterocycles. The van der Waals surface area contributed by atoms with Gasteiger partial charge in [-0.1, -0.05) is 0 Å². The third kappa shape index (κ3) is 1.91. The summed E-state index contributed by atoms with van der Waals surface area (Å²) in [6.07, 6.45) is 0. The third-order valence-corrected chi connectivity index (χ3v) is 2.16. The van der Waals surface area contributed by atoms with Crippen molar-refractivity contribution in [1.29, 1.82) is 5.26 Å². The number of rotatable bonds is 2. The third-order valence-electron chi connectivity index (χ3n) is 2.16. The number of aromatic nitrogens is 2. The highest BCUT2D eigenvalue weighted by Crippen LogP contribution is 2.17. The topological polar surface area (TPSA) is 111 Å². The van der Waals surface area contributed by atoms with Crippen molar-refractivity contribution in [3.05, 3.63) is 46.1 Å². The second-order valence-corrected chi connectivity index (χ2v) is 3.25. The molecule has 0 aliphatic heterocycles. The van der Waals surface area contributed by atoms with Crippen LogP contribution in [0, 0.1) is 21.4 Å². The highest BCUT2D eigenvalue weighted by molar-refractivity contribution is 5.47. The van der Waals surface area contributed by atoms with Crippen molar-refractivity contribution in [1.82, 2.24) is 9.78 Å². The van der Waals surface area contributed by atoms with Gasteiger partial charge in [0.2, 0.25) is 0 Å². The van der Waals surface area contributed by atoms with Gasteiger partial charge in [-0.05, 0) is 12.1 Å². The molecule has 0 atom stereocenters. The second kappa shape index (κ2) is 3.94. The van der Waals surface area contributed by atoms with Crippen LogP contribution >= 0.6 is 0 Å². The van der Waals surface area contributed by atoms with E-state index in [9.17, 15) is 10.1 Å². The van der Waals surface area contributed by atoms with Gasteiger partial charge in [0.15, 0.2) is 5.69 Å². The number of non-ortho nitro benzene ring substituents is 1. The van der Waals surface area contributed by atoms with Crippen molar-refractivity contribution in [3.8, 4) is 11.8 Å². The maximum absolute atomic E-state index is 10.5. The second-order valence-electron chi connectivity index (χ2n) is 3.25. The van der Waals surface area contributed by atoms with Crippen LogP contribution < -0.4 is 5.73 Å². The first kappa shape index (κ1) is 10.6. The first-order valence-corrected chi connectivity index (χ1v) is 4.62. The molecule has 0 amide bonds. The molecule has 0 saturated heterocycles. The minimum Gasteiger partial charge on any atom is -0.384 e. The van der Waals surface area contributed by atoms with Gasteiger partial charge in [-0.3, -0.25) is 10.1 Å². The van der Waals surface area contributed by atoms with Crippen molar-refractivity contribution in [2.24, 2.45) is 0 Å². The van der Waals surface area contributed by atoms with Crippen LogP contribution in [0.2, 0.25) is 0 Å². The van der Waals surface area contributed by atoms with Gasteiger partial charge in [0.25, 0.3) is 5.69 Å².